The van der Waals surface area contributed by atoms with E-state index in [1.54, 1.807) is 31.2 Å². The van der Waals surface area contributed by atoms with Gasteiger partial charge < -0.3 is 10.4 Å². The highest BCUT2D eigenvalue weighted by atomic mass is 32.2. The first-order chi connectivity index (χ1) is 11.8. The van der Waals surface area contributed by atoms with Gasteiger partial charge in [-0.05, 0) is 50.3 Å². The Bertz CT molecular complexity index is 711. The topological polar surface area (TPSA) is 113 Å². The third kappa shape index (κ3) is 6.83. The van der Waals surface area contributed by atoms with Gasteiger partial charge in [-0.15, -0.1) is 0 Å². The first-order valence-corrected chi connectivity index (χ1v) is 9.87. The fourth-order valence-corrected chi connectivity index (χ4v) is 3.65. The molecule has 1 aromatic rings. The first kappa shape index (κ1) is 19.4. The number of aliphatic carboxylic acids is 1. The highest BCUT2D eigenvalue weighted by Gasteiger charge is 2.27. The number of hydrogen-bond donors (Lipinski definition) is 3. The summed E-state index contributed by atoms with van der Waals surface area (Å²) in [6.45, 7) is 1.77. The van der Waals surface area contributed by atoms with Crippen molar-refractivity contribution in [1.29, 1.82) is 0 Å². The maximum Gasteiger partial charge on any atom is 0.303 e. The van der Waals surface area contributed by atoms with Crippen LogP contribution < -0.4 is 10.0 Å². The van der Waals surface area contributed by atoms with Gasteiger partial charge in [-0.3, -0.25) is 9.59 Å². The molecule has 3 N–H and O–H groups in total. The van der Waals surface area contributed by atoms with Crippen molar-refractivity contribution in [2.75, 3.05) is 0 Å². The molecule has 1 saturated carbocycles. The van der Waals surface area contributed by atoms with Crippen molar-refractivity contribution in [1.82, 2.24) is 10.0 Å². The Labute approximate surface area is 147 Å². The van der Waals surface area contributed by atoms with E-state index in [1.165, 1.54) is 0 Å². The second-order valence-corrected chi connectivity index (χ2v) is 8.15. The van der Waals surface area contributed by atoms with Gasteiger partial charge in [0, 0.05) is 24.9 Å². The van der Waals surface area contributed by atoms with Crippen LogP contribution in [0.4, 0.5) is 0 Å². The highest BCUT2D eigenvalue weighted by Crippen LogP contribution is 2.22. The number of rotatable bonds is 10. The molecule has 1 aromatic carbocycles. The quantitative estimate of drug-likeness (QED) is 0.578. The molecule has 25 heavy (non-hydrogen) atoms. The Morgan fingerprint density at radius 2 is 1.84 bits per heavy atom. The number of carboxylic acids is 1. The number of nitrogens with one attached hydrogen (secondary N) is 2. The Hall–Kier alpha value is -1.93. The third-order valence-corrected chi connectivity index (χ3v) is 5.51. The lowest BCUT2D eigenvalue weighted by Crippen LogP contribution is -2.33. The summed E-state index contributed by atoms with van der Waals surface area (Å²) < 4.78 is 26.8. The van der Waals surface area contributed by atoms with E-state index in [0.717, 1.165) is 18.4 Å². The van der Waals surface area contributed by atoms with Crippen molar-refractivity contribution in [3.8, 4) is 0 Å². The molecule has 1 fully saturated rings. The minimum absolute atomic E-state index is 0.0201. The lowest BCUT2D eigenvalue weighted by atomic mass is 10.1. The molecule has 0 heterocycles. The van der Waals surface area contributed by atoms with Crippen molar-refractivity contribution >= 4 is 21.9 Å². The lowest BCUT2D eigenvalue weighted by molar-refractivity contribution is -0.137. The zero-order chi connectivity index (χ0) is 18.4. The summed E-state index contributed by atoms with van der Waals surface area (Å²) in [4.78, 5) is 22.6. The van der Waals surface area contributed by atoms with Crippen molar-refractivity contribution in [3.05, 3.63) is 29.8 Å². The zero-order valence-corrected chi connectivity index (χ0v) is 15.0. The molecular weight excluding hydrogens is 344 g/mol. The largest absolute Gasteiger partial charge is 0.481 e. The van der Waals surface area contributed by atoms with Gasteiger partial charge in [-0.25, -0.2) is 13.1 Å². The van der Waals surface area contributed by atoms with Gasteiger partial charge in [0.05, 0.1) is 4.90 Å². The fourth-order valence-electron chi connectivity index (χ4n) is 2.34. The van der Waals surface area contributed by atoms with Gasteiger partial charge >= 0.3 is 5.97 Å². The standard InChI is InChI=1S/C17H24N2O5S/c1-12(2-11-17(21)22)18-16(20)10-5-13-3-8-15(9-4-13)25(23,24)19-14-6-7-14/h3-4,8-9,12,14,19H,2,5-7,10-11H2,1H3,(H,18,20)(H,21,22). The van der Waals surface area contributed by atoms with E-state index in [4.69, 9.17) is 5.11 Å². The third-order valence-electron chi connectivity index (χ3n) is 3.97. The first-order valence-electron chi connectivity index (χ1n) is 8.38. The summed E-state index contributed by atoms with van der Waals surface area (Å²) in [6, 6.07) is 6.40. The molecule has 0 aliphatic heterocycles. The number of aryl methyl sites for hydroxylation is 1. The molecule has 0 saturated heterocycles. The molecule has 1 aliphatic carbocycles. The van der Waals surface area contributed by atoms with Crippen LogP contribution in [0, 0.1) is 0 Å². The lowest BCUT2D eigenvalue weighted by Gasteiger charge is -2.12. The van der Waals surface area contributed by atoms with E-state index >= 15 is 0 Å². The van der Waals surface area contributed by atoms with Gasteiger partial charge in [-0.1, -0.05) is 12.1 Å². The molecule has 8 heteroatoms. The Balaban J connectivity index is 1.79. The molecule has 1 unspecified atom stereocenters. The Morgan fingerprint density at radius 3 is 2.40 bits per heavy atom. The summed E-state index contributed by atoms with van der Waals surface area (Å²) in [6.07, 6.45) is 2.94. The molecule has 0 spiro atoms. The van der Waals surface area contributed by atoms with Crippen LogP contribution in [0.5, 0.6) is 0 Å². The molecule has 0 aromatic heterocycles. The highest BCUT2D eigenvalue weighted by molar-refractivity contribution is 7.89. The van der Waals surface area contributed by atoms with Crippen LogP contribution in [-0.4, -0.2) is 37.5 Å². The maximum atomic E-state index is 12.1. The molecule has 138 valence electrons. The average molecular weight is 368 g/mol. The average Bonchev–Trinajstić information content (AvgIpc) is 3.34. The van der Waals surface area contributed by atoms with Crippen LogP contribution in [0.2, 0.25) is 0 Å². The molecule has 0 radical (unpaired) electrons. The second-order valence-electron chi connectivity index (χ2n) is 6.44. The predicted octanol–water partition coefficient (Wildman–Crippen LogP) is 1.43. The van der Waals surface area contributed by atoms with Gasteiger partial charge in [-0.2, -0.15) is 0 Å². The summed E-state index contributed by atoms with van der Waals surface area (Å²) >= 11 is 0. The van der Waals surface area contributed by atoms with Crippen LogP contribution in [0.25, 0.3) is 0 Å². The van der Waals surface area contributed by atoms with Crippen LogP contribution in [0.15, 0.2) is 29.2 Å². The Kier molecular flexibility index (Phi) is 6.55. The van der Waals surface area contributed by atoms with Gasteiger partial charge in [0.1, 0.15) is 0 Å². The van der Waals surface area contributed by atoms with Gasteiger partial charge in [0.25, 0.3) is 0 Å². The smallest absolute Gasteiger partial charge is 0.303 e. The predicted molar refractivity (Wildman–Crippen MR) is 92.6 cm³/mol. The summed E-state index contributed by atoms with van der Waals surface area (Å²) in [5, 5.41) is 11.4. The monoisotopic (exact) mass is 368 g/mol. The molecule has 1 amide bonds. The minimum Gasteiger partial charge on any atom is -0.481 e. The summed E-state index contributed by atoms with van der Waals surface area (Å²) in [7, 11) is -3.45. The van der Waals surface area contributed by atoms with E-state index in [9.17, 15) is 18.0 Å². The Morgan fingerprint density at radius 1 is 1.20 bits per heavy atom. The van der Waals surface area contributed by atoms with Crippen LogP contribution in [0.1, 0.15) is 44.6 Å². The summed E-state index contributed by atoms with van der Waals surface area (Å²) in [5.74, 6) is -1.03. The molecule has 1 aliphatic rings. The SMILES string of the molecule is CC(CCC(=O)O)NC(=O)CCc1ccc(S(=O)(=O)NC2CC2)cc1. The van der Waals surface area contributed by atoms with E-state index in [2.05, 4.69) is 10.0 Å². The summed E-state index contributed by atoms with van der Waals surface area (Å²) in [5.41, 5.74) is 0.874. The number of sulfonamides is 1. The second kappa shape index (κ2) is 8.44. The van der Waals surface area contributed by atoms with Crippen LogP contribution in [-0.2, 0) is 26.0 Å². The number of benzene rings is 1. The van der Waals surface area contributed by atoms with E-state index in [-0.39, 0.29) is 35.7 Å². The van der Waals surface area contributed by atoms with Gasteiger partial charge in [0.2, 0.25) is 15.9 Å². The van der Waals surface area contributed by atoms with Crippen molar-refractivity contribution in [3.63, 3.8) is 0 Å². The molecule has 7 nitrogen and oxygen atoms in total. The van der Waals surface area contributed by atoms with E-state index in [1.807, 2.05) is 0 Å². The van der Waals surface area contributed by atoms with E-state index in [0.29, 0.717) is 12.8 Å². The number of carbonyl (C=O) groups is 2. The van der Waals surface area contributed by atoms with Crippen molar-refractivity contribution < 1.29 is 23.1 Å². The number of amides is 1. The molecular formula is C17H24N2O5S. The minimum atomic E-state index is -3.45. The maximum absolute atomic E-state index is 12.1. The zero-order valence-electron chi connectivity index (χ0n) is 14.2. The normalized spacial score (nSPS) is 15.6. The fraction of sp³-hybridized carbons (Fsp3) is 0.529. The molecule has 2 rings (SSSR count). The van der Waals surface area contributed by atoms with Crippen molar-refractivity contribution in [2.24, 2.45) is 0 Å². The van der Waals surface area contributed by atoms with Crippen LogP contribution >= 0.6 is 0 Å². The number of carboxylic acid groups (broad SMARTS) is 1. The van der Waals surface area contributed by atoms with E-state index < -0.39 is 16.0 Å². The number of hydrogen-bond acceptors (Lipinski definition) is 4. The number of carbonyl (C=O) groups excluding carboxylic acids is 1. The molecule has 1 atom stereocenters. The van der Waals surface area contributed by atoms with Crippen LogP contribution in [0.3, 0.4) is 0 Å². The molecule has 0 bridgehead atoms. The van der Waals surface area contributed by atoms with Gasteiger partial charge in [0.15, 0.2) is 0 Å². The van der Waals surface area contributed by atoms with Crippen molar-refractivity contribution in [2.45, 2.75) is 62.4 Å².